The number of nitrogens with zero attached hydrogens (tertiary/aromatic N) is 2. The summed E-state index contributed by atoms with van der Waals surface area (Å²) in [6, 6.07) is 0. The van der Waals surface area contributed by atoms with Gasteiger partial charge in [0.25, 0.3) is 0 Å². The summed E-state index contributed by atoms with van der Waals surface area (Å²) >= 11 is 0. The minimum Gasteiger partial charge on any atom is -0.311 e. The third-order valence-electron chi connectivity index (χ3n) is 2.32. The number of aromatic nitrogens is 2. The van der Waals surface area contributed by atoms with E-state index in [4.69, 9.17) is 0 Å². The Bertz CT molecular complexity index is 438. The summed E-state index contributed by atoms with van der Waals surface area (Å²) in [6.45, 7) is 3.70. The standard InChI is InChI=1S/C9H18N4O2S/c1-8-9(7-11-13(8)2)6-10-4-5-12-16(3,14)15/h7,10,12H,4-6H2,1-3H3. The van der Waals surface area contributed by atoms with E-state index in [1.165, 1.54) is 0 Å². The third kappa shape index (κ3) is 4.30. The number of rotatable bonds is 6. The molecule has 0 atom stereocenters. The van der Waals surface area contributed by atoms with Crippen molar-refractivity contribution in [3.8, 4) is 0 Å². The molecule has 1 aromatic heterocycles. The Morgan fingerprint density at radius 1 is 1.44 bits per heavy atom. The second kappa shape index (κ2) is 5.42. The molecule has 0 aliphatic heterocycles. The Balaban J connectivity index is 2.24. The van der Waals surface area contributed by atoms with Gasteiger partial charge in [0.2, 0.25) is 10.0 Å². The van der Waals surface area contributed by atoms with Crippen molar-refractivity contribution in [1.29, 1.82) is 0 Å². The number of hydrogen-bond donors (Lipinski definition) is 2. The molecule has 0 fully saturated rings. The van der Waals surface area contributed by atoms with Gasteiger partial charge in [-0.2, -0.15) is 5.10 Å². The van der Waals surface area contributed by atoms with Crippen LogP contribution in [-0.4, -0.2) is 37.5 Å². The lowest BCUT2D eigenvalue weighted by atomic mass is 10.2. The van der Waals surface area contributed by atoms with Crippen LogP contribution in [0.5, 0.6) is 0 Å². The van der Waals surface area contributed by atoms with Gasteiger partial charge in [-0.25, -0.2) is 13.1 Å². The first-order chi connectivity index (χ1) is 7.40. The number of hydrogen-bond acceptors (Lipinski definition) is 4. The number of aryl methyl sites for hydroxylation is 1. The molecular formula is C9H18N4O2S. The van der Waals surface area contributed by atoms with Crippen LogP contribution in [0, 0.1) is 6.92 Å². The van der Waals surface area contributed by atoms with Crippen LogP contribution < -0.4 is 10.0 Å². The smallest absolute Gasteiger partial charge is 0.208 e. The van der Waals surface area contributed by atoms with E-state index in [9.17, 15) is 8.42 Å². The van der Waals surface area contributed by atoms with Gasteiger partial charge in [0.1, 0.15) is 0 Å². The van der Waals surface area contributed by atoms with Crippen LogP contribution >= 0.6 is 0 Å². The van der Waals surface area contributed by atoms with E-state index in [2.05, 4.69) is 15.1 Å². The van der Waals surface area contributed by atoms with Crippen LogP contribution in [0.3, 0.4) is 0 Å². The minimum atomic E-state index is -3.08. The maximum atomic E-state index is 10.8. The summed E-state index contributed by atoms with van der Waals surface area (Å²) in [6.07, 6.45) is 2.96. The SMILES string of the molecule is Cc1c(CNCCNS(C)(=O)=O)cnn1C. The van der Waals surface area contributed by atoms with Crippen molar-refractivity contribution in [1.82, 2.24) is 19.8 Å². The van der Waals surface area contributed by atoms with E-state index >= 15 is 0 Å². The van der Waals surface area contributed by atoms with E-state index in [1.807, 2.05) is 24.9 Å². The molecule has 0 spiro atoms. The molecule has 1 heterocycles. The number of nitrogens with one attached hydrogen (secondary N) is 2. The maximum absolute atomic E-state index is 10.8. The van der Waals surface area contributed by atoms with E-state index < -0.39 is 10.0 Å². The molecule has 2 N–H and O–H groups in total. The van der Waals surface area contributed by atoms with Gasteiger partial charge in [0.15, 0.2) is 0 Å². The average Bonchev–Trinajstić information content (AvgIpc) is 2.47. The predicted molar refractivity (Wildman–Crippen MR) is 62.5 cm³/mol. The van der Waals surface area contributed by atoms with E-state index in [0.29, 0.717) is 19.6 Å². The molecule has 1 aromatic rings. The molecule has 6 nitrogen and oxygen atoms in total. The fourth-order valence-electron chi connectivity index (χ4n) is 1.27. The van der Waals surface area contributed by atoms with Gasteiger partial charge in [-0.3, -0.25) is 4.68 Å². The van der Waals surface area contributed by atoms with Gasteiger partial charge in [-0.15, -0.1) is 0 Å². The quantitative estimate of drug-likeness (QED) is 0.655. The Hall–Kier alpha value is -0.920. The molecule has 0 amide bonds. The van der Waals surface area contributed by atoms with Crippen LogP contribution in [0.1, 0.15) is 11.3 Å². The molecule has 7 heteroatoms. The Morgan fingerprint density at radius 3 is 2.62 bits per heavy atom. The predicted octanol–water partition coefficient (Wildman–Crippen LogP) is -0.633. The van der Waals surface area contributed by atoms with Crippen LogP contribution in [0.15, 0.2) is 6.20 Å². The molecule has 0 aliphatic rings. The van der Waals surface area contributed by atoms with Gasteiger partial charge in [0.05, 0.1) is 12.5 Å². The van der Waals surface area contributed by atoms with Crippen molar-refractivity contribution in [2.24, 2.45) is 7.05 Å². The van der Waals surface area contributed by atoms with Crippen LogP contribution in [0.4, 0.5) is 0 Å². The summed E-state index contributed by atoms with van der Waals surface area (Å²) in [7, 11) is -1.19. The molecule has 0 radical (unpaired) electrons. The molecule has 0 saturated carbocycles. The zero-order valence-electron chi connectivity index (χ0n) is 9.82. The van der Waals surface area contributed by atoms with Crippen molar-refractivity contribution in [3.05, 3.63) is 17.5 Å². The zero-order chi connectivity index (χ0) is 12.2. The zero-order valence-corrected chi connectivity index (χ0v) is 10.6. The van der Waals surface area contributed by atoms with Crippen molar-refractivity contribution in [2.75, 3.05) is 19.3 Å². The van der Waals surface area contributed by atoms with E-state index in [0.717, 1.165) is 17.5 Å². The molecule has 0 bridgehead atoms. The summed E-state index contributed by atoms with van der Waals surface area (Å²) < 4.78 is 25.8. The number of sulfonamides is 1. The first kappa shape index (κ1) is 13.1. The summed E-state index contributed by atoms with van der Waals surface area (Å²) in [5.74, 6) is 0. The van der Waals surface area contributed by atoms with Gasteiger partial charge < -0.3 is 5.32 Å². The van der Waals surface area contributed by atoms with Gasteiger partial charge >= 0.3 is 0 Å². The Labute approximate surface area is 96.1 Å². The monoisotopic (exact) mass is 246 g/mol. The molecule has 16 heavy (non-hydrogen) atoms. The normalized spacial score (nSPS) is 11.9. The average molecular weight is 246 g/mol. The topological polar surface area (TPSA) is 76.0 Å². The molecule has 0 unspecified atom stereocenters. The van der Waals surface area contributed by atoms with Gasteiger partial charge in [0, 0.05) is 37.9 Å². The lowest BCUT2D eigenvalue weighted by molar-refractivity contribution is 0.581. The summed E-state index contributed by atoms with van der Waals surface area (Å²) in [4.78, 5) is 0. The Morgan fingerprint density at radius 2 is 2.12 bits per heavy atom. The van der Waals surface area contributed by atoms with E-state index in [1.54, 1.807) is 0 Å². The highest BCUT2D eigenvalue weighted by Crippen LogP contribution is 2.03. The Kier molecular flexibility index (Phi) is 4.45. The molecule has 0 aliphatic carbocycles. The van der Waals surface area contributed by atoms with E-state index in [-0.39, 0.29) is 0 Å². The molecule has 1 rings (SSSR count). The highest BCUT2D eigenvalue weighted by molar-refractivity contribution is 7.88. The van der Waals surface area contributed by atoms with Crippen LogP contribution in [-0.2, 0) is 23.6 Å². The fraction of sp³-hybridized carbons (Fsp3) is 0.667. The molecule has 92 valence electrons. The second-order valence-corrected chi connectivity index (χ2v) is 5.56. The summed E-state index contributed by atoms with van der Waals surface area (Å²) in [5, 5.41) is 7.27. The van der Waals surface area contributed by atoms with Crippen molar-refractivity contribution in [3.63, 3.8) is 0 Å². The molecule has 0 aromatic carbocycles. The lowest BCUT2D eigenvalue weighted by Gasteiger charge is -2.05. The first-order valence-electron chi connectivity index (χ1n) is 5.03. The van der Waals surface area contributed by atoms with Crippen LogP contribution in [0.25, 0.3) is 0 Å². The van der Waals surface area contributed by atoms with Crippen molar-refractivity contribution >= 4 is 10.0 Å². The highest BCUT2D eigenvalue weighted by Gasteiger charge is 2.03. The summed E-state index contributed by atoms with van der Waals surface area (Å²) in [5.41, 5.74) is 2.24. The molecule has 0 saturated heterocycles. The van der Waals surface area contributed by atoms with Crippen molar-refractivity contribution in [2.45, 2.75) is 13.5 Å². The first-order valence-corrected chi connectivity index (χ1v) is 6.92. The minimum absolute atomic E-state index is 0.401. The van der Waals surface area contributed by atoms with Gasteiger partial charge in [-0.1, -0.05) is 0 Å². The lowest BCUT2D eigenvalue weighted by Crippen LogP contribution is -2.30. The maximum Gasteiger partial charge on any atom is 0.208 e. The highest BCUT2D eigenvalue weighted by atomic mass is 32.2. The molecular weight excluding hydrogens is 228 g/mol. The largest absolute Gasteiger partial charge is 0.311 e. The van der Waals surface area contributed by atoms with Gasteiger partial charge in [-0.05, 0) is 6.92 Å². The van der Waals surface area contributed by atoms with Crippen molar-refractivity contribution < 1.29 is 8.42 Å². The fourth-order valence-corrected chi connectivity index (χ4v) is 1.74. The van der Waals surface area contributed by atoms with Crippen LogP contribution in [0.2, 0.25) is 0 Å². The second-order valence-electron chi connectivity index (χ2n) is 3.72. The third-order valence-corrected chi connectivity index (χ3v) is 3.05.